The van der Waals surface area contributed by atoms with Crippen molar-refractivity contribution in [2.45, 2.75) is 11.4 Å². The van der Waals surface area contributed by atoms with Crippen LogP contribution in [0.3, 0.4) is 0 Å². The minimum atomic E-state index is -3.71. The number of halogens is 2. The summed E-state index contributed by atoms with van der Waals surface area (Å²) in [5.41, 5.74) is 6.74. The fraction of sp³-hybridized carbons (Fsp3) is 0.143. The lowest BCUT2D eigenvalue weighted by atomic mass is 10.2. The number of hydrogen-bond acceptors (Lipinski definition) is 3. The maximum atomic E-state index is 12.5. The van der Waals surface area contributed by atoms with Crippen molar-refractivity contribution in [3.8, 4) is 0 Å². The molecule has 0 saturated heterocycles. The Morgan fingerprint density at radius 3 is 2.24 bits per heavy atom. The van der Waals surface area contributed by atoms with E-state index < -0.39 is 10.0 Å². The summed E-state index contributed by atoms with van der Waals surface area (Å²) in [7, 11) is -2.22. The highest BCUT2D eigenvalue weighted by Gasteiger charge is 2.23. The Labute approximate surface area is 134 Å². The van der Waals surface area contributed by atoms with Crippen LogP contribution >= 0.6 is 23.2 Å². The number of sulfonamides is 1. The third kappa shape index (κ3) is 3.68. The zero-order valence-corrected chi connectivity index (χ0v) is 13.6. The smallest absolute Gasteiger partial charge is 0.245 e. The minimum Gasteiger partial charge on any atom is -0.398 e. The number of anilines is 1. The van der Waals surface area contributed by atoms with E-state index in [0.717, 1.165) is 5.56 Å². The Kier molecular flexibility index (Phi) is 4.78. The van der Waals surface area contributed by atoms with Gasteiger partial charge in [0.05, 0.1) is 5.69 Å². The second-order valence-electron chi connectivity index (χ2n) is 4.57. The van der Waals surface area contributed by atoms with E-state index in [4.69, 9.17) is 28.9 Å². The fourth-order valence-corrected chi connectivity index (χ4v) is 3.49. The molecule has 0 amide bonds. The maximum absolute atomic E-state index is 12.5. The molecule has 0 saturated carbocycles. The van der Waals surface area contributed by atoms with Crippen LogP contribution in [0.4, 0.5) is 5.69 Å². The van der Waals surface area contributed by atoms with Crippen molar-refractivity contribution in [3.63, 3.8) is 0 Å². The molecule has 21 heavy (non-hydrogen) atoms. The molecule has 7 heteroatoms. The summed E-state index contributed by atoms with van der Waals surface area (Å²) in [6.07, 6.45) is 0. The SMILES string of the molecule is CN(Cc1ccc(Cl)cc1)S(=O)(=O)c1cc(Cl)ccc1N. The standard InChI is InChI=1S/C14H14Cl2N2O2S/c1-18(9-10-2-4-11(15)5-3-10)21(19,20)14-8-12(16)6-7-13(14)17/h2-8H,9,17H2,1H3. The van der Waals surface area contributed by atoms with E-state index >= 15 is 0 Å². The molecule has 2 N–H and O–H groups in total. The molecule has 0 aliphatic heterocycles. The zero-order valence-electron chi connectivity index (χ0n) is 11.3. The molecule has 0 fully saturated rings. The van der Waals surface area contributed by atoms with Crippen molar-refractivity contribution in [1.29, 1.82) is 0 Å². The van der Waals surface area contributed by atoms with Gasteiger partial charge in [-0.05, 0) is 35.9 Å². The average molecular weight is 345 g/mol. The first-order valence-electron chi connectivity index (χ1n) is 6.06. The summed E-state index contributed by atoms with van der Waals surface area (Å²) in [5, 5.41) is 0.922. The molecule has 0 aromatic heterocycles. The van der Waals surface area contributed by atoms with Gasteiger partial charge in [0.2, 0.25) is 10.0 Å². The van der Waals surface area contributed by atoms with E-state index in [0.29, 0.717) is 10.0 Å². The van der Waals surface area contributed by atoms with Crippen LogP contribution in [0.5, 0.6) is 0 Å². The van der Waals surface area contributed by atoms with Crippen LogP contribution in [-0.2, 0) is 16.6 Å². The topological polar surface area (TPSA) is 63.4 Å². The monoisotopic (exact) mass is 344 g/mol. The van der Waals surface area contributed by atoms with Crippen LogP contribution in [-0.4, -0.2) is 19.8 Å². The van der Waals surface area contributed by atoms with E-state index in [1.54, 1.807) is 30.3 Å². The quantitative estimate of drug-likeness (QED) is 0.864. The molecule has 2 aromatic carbocycles. The lowest BCUT2D eigenvalue weighted by molar-refractivity contribution is 0.467. The maximum Gasteiger partial charge on any atom is 0.245 e. The molecule has 0 aliphatic rings. The first-order chi connectivity index (χ1) is 9.80. The van der Waals surface area contributed by atoms with Crippen LogP contribution in [0.1, 0.15) is 5.56 Å². The molecular weight excluding hydrogens is 331 g/mol. The molecule has 0 atom stereocenters. The van der Waals surface area contributed by atoms with Crippen molar-refractivity contribution >= 4 is 38.9 Å². The predicted molar refractivity (Wildman–Crippen MR) is 86.0 cm³/mol. The van der Waals surface area contributed by atoms with Gasteiger partial charge in [-0.1, -0.05) is 35.3 Å². The Bertz CT molecular complexity index is 746. The van der Waals surface area contributed by atoms with Gasteiger partial charge >= 0.3 is 0 Å². The summed E-state index contributed by atoms with van der Waals surface area (Å²) < 4.78 is 26.3. The summed E-state index contributed by atoms with van der Waals surface area (Å²) in [6.45, 7) is 0.214. The molecule has 0 aliphatic carbocycles. The molecule has 112 valence electrons. The van der Waals surface area contributed by atoms with Gasteiger partial charge in [0, 0.05) is 23.6 Å². The highest BCUT2D eigenvalue weighted by atomic mass is 35.5. The Morgan fingerprint density at radius 2 is 1.62 bits per heavy atom. The lowest BCUT2D eigenvalue weighted by Gasteiger charge is -2.18. The number of rotatable bonds is 4. The molecule has 2 aromatic rings. The third-order valence-corrected chi connectivity index (χ3v) is 5.33. The molecule has 4 nitrogen and oxygen atoms in total. The first-order valence-corrected chi connectivity index (χ1v) is 8.26. The van der Waals surface area contributed by atoms with Crippen molar-refractivity contribution in [1.82, 2.24) is 4.31 Å². The van der Waals surface area contributed by atoms with Crippen molar-refractivity contribution < 1.29 is 8.42 Å². The van der Waals surface area contributed by atoms with E-state index in [2.05, 4.69) is 0 Å². The molecule has 2 rings (SSSR count). The highest BCUT2D eigenvalue weighted by molar-refractivity contribution is 7.89. The van der Waals surface area contributed by atoms with Gasteiger partial charge in [0.25, 0.3) is 0 Å². The number of benzene rings is 2. The summed E-state index contributed by atoms with van der Waals surface area (Å²) in [5.74, 6) is 0. The molecule has 0 bridgehead atoms. The zero-order chi connectivity index (χ0) is 15.6. The van der Waals surface area contributed by atoms with Gasteiger partial charge in [0.15, 0.2) is 0 Å². The summed E-state index contributed by atoms with van der Waals surface area (Å²) in [6, 6.07) is 11.4. The predicted octanol–water partition coefficient (Wildman–Crippen LogP) is 3.40. The Balaban J connectivity index is 2.30. The average Bonchev–Trinajstić information content (AvgIpc) is 2.43. The minimum absolute atomic E-state index is 0.00598. The second kappa shape index (κ2) is 6.23. The van der Waals surface area contributed by atoms with Gasteiger partial charge in [-0.2, -0.15) is 4.31 Å². The number of nitrogens with zero attached hydrogens (tertiary/aromatic N) is 1. The first kappa shape index (κ1) is 16.1. The van der Waals surface area contributed by atoms with Crippen LogP contribution in [0.2, 0.25) is 10.0 Å². The normalized spacial score (nSPS) is 11.8. The van der Waals surface area contributed by atoms with Gasteiger partial charge in [-0.3, -0.25) is 0 Å². The summed E-state index contributed by atoms with van der Waals surface area (Å²) in [4.78, 5) is 0.00598. The number of nitrogens with two attached hydrogens (primary N) is 1. The van der Waals surface area contributed by atoms with Crippen LogP contribution in [0.25, 0.3) is 0 Å². The molecular formula is C14H14Cl2N2O2S. The number of hydrogen-bond donors (Lipinski definition) is 1. The van der Waals surface area contributed by atoms with Gasteiger partial charge in [0.1, 0.15) is 4.90 Å². The van der Waals surface area contributed by atoms with Crippen molar-refractivity contribution in [2.75, 3.05) is 12.8 Å². The van der Waals surface area contributed by atoms with E-state index in [9.17, 15) is 8.42 Å². The fourth-order valence-electron chi connectivity index (χ4n) is 1.83. The molecule has 0 unspecified atom stereocenters. The summed E-state index contributed by atoms with van der Waals surface area (Å²) >= 11 is 11.7. The lowest BCUT2D eigenvalue weighted by Crippen LogP contribution is -2.27. The van der Waals surface area contributed by atoms with Crippen LogP contribution in [0, 0.1) is 0 Å². The van der Waals surface area contributed by atoms with E-state index in [-0.39, 0.29) is 17.1 Å². The molecule has 0 heterocycles. The Hall–Kier alpha value is -1.27. The molecule has 0 radical (unpaired) electrons. The van der Waals surface area contributed by atoms with Crippen LogP contribution < -0.4 is 5.73 Å². The van der Waals surface area contributed by atoms with Crippen molar-refractivity contribution in [3.05, 3.63) is 58.1 Å². The Morgan fingerprint density at radius 1 is 1.05 bits per heavy atom. The van der Waals surface area contributed by atoms with Gasteiger partial charge in [-0.25, -0.2) is 8.42 Å². The van der Waals surface area contributed by atoms with Gasteiger partial charge < -0.3 is 5.73 Å². The third-order valence-electron chi connectivity index (χ3n) is 2.98. The van der Waals surface area contributed by atoms with E-state index in [1.807, 2.05) is 0 Å². The second-order valence-corrected chi connectivity index (χ2v) is 7.46. The largest absolute Gasteiger partial charge is 0.398 e. The number of nitrogen functional groups attached to an aromatic ring is 1. The van der Waals surface area contributed by atoms with Crippen molar-refractivity contribution in [2.24, 2.45) is 0 Å². The van der Waals surface area contributed by atoms with Crippen LogP contribution in [0.15, 0.2) is 47.4 Å². The van der Waals surface area contributed by atoms with E-state index in [1.165, 1.54) is 23.5 Å². The van der Waals surface area contributed by atoms with Gasteiger partial charge in [-0.15, -0.1) is 0 Å². The molecule has 0 spiro atoms. The highest BCUT2D eigenvalue weighted by Crippen LogP contribution is 2.26.